The highest BCUT2D eigenvalue weighted by atomic mass is 79.9. The van der Waals surface area contributed by atoms with Crippen LogP contribution in [0, 0.1) is 11.8 Å². The van der Waals surface area contributed by atoms with Crippen LogP contribution in [0.4, 0.5) is 0 Å². The van der Waals surface area contributed by atoms with Crippen LogP contribution >= 0.6 is 15.9 Å². The Kier molecular flexibility index (Phi) is 2.83. The van der Waals surface area contributed by atoms with Gasteiger partial charge in [-0.2, -0.15) is 0 Å². The van der Waals surface area contributed by atoms with Crippen LogP contribution in [0.3, 0.4) is 0 Å². The largest absolute Gasteiger partial charge is 0.472 e. The quantitative estimate of drug-likeness (QED) is 0.678. The Morgan fingerprint density at radius 3 is 2.83 bits per heavy atom. The fraction of sp³-hybridized carbons (Fsp3) is 0. The molecule has 0 atom stereocenters. The van der Waals surface area contributed by atoms with Crippen molar-refractivity contribution in [3.63, 3.8) is 0 Å². The van der Waals surface area contributed by atoms with Gasteiger partial charge in [0.25, 0.3) is 0 Å². The lowest BCUT2D eigenvalue weighted by Gasteiger charge is -1.88. The molecule has 3 nitrogen and oxygen atoms in total. The van der Waals surface area contributed by atoms with E-state index in [1.165, 1.54) is 0 Å². The Bertz CT molecular complexity index is 348. The van der Waals surface area contributed by atoms with E-state index in [9.17, 15) is 4.79 Å². The number of carboxylic acids is 1. The molecule has 0 aliphatic carbocycles. The number of carboxylic acid groups (broad SMARTS) is 1. The highest BCUT2D eigenvalue weighted by Gasteiger charge is 1.89. The number of hydrogen-bond acceptors (Lipinski definition) is 2. The Morgan fingerprint density at radius 1 is 1.58 bits per heavy atom. The van der Waals surface area contributed by atoms with Crippen LogP contribution in [0.1, 0.15) is 5.69 Å². The van der Waals surface area contributed by atoms with Crippen molar-refractivity contribution < 1.29 is 9.90 Å². The second kappa shape index (κ2) is 3.88. The van der Waals surface area contributed by atoms with Gasteiger partial charge in [0.15, 0.2) is 0 Å². The summed E-state index contributed by atoms with van der Waals surface area (Å²) in [4.78, 5) is 13.9. The second-order valence-corrected chi connectivity index (χ2v) is 2.83. The molecular formula is C8H4BrNO2. The lowest BCUT2D eigenvalue weighted by molar-refractivity contribution is -0.130. The van der Waals surface area contributed by atoms with Gasteiger partial charge in [-0.25, -0.2) is 9.78 Å². The van der Waals surface area contributed by atoms with Crippen LogP contribution in [0.25, 0.3) is 0 Å². The third-order valence-corrected chi connectivity index (χ3v) is 1.49. The van der Waals surface area contributed by atoms with Gasteiger partial charge in [0.1, 0.15) is 5.69 Å². The molecule has 0 aliphatic rings. The zero-order chi connectivity index (χ0) is 8.97. The summed E-state index contributed by atoms with van der Waals surface area (Å²) in [6, 6.07) is 3.39. The molecule has 1 aromatic heterocycles. The molecule has 4 heteroatoms. The van der Waals surface area contributed by atoms with Gasteiger partial charge in [0, 0.05) is 16.6 Å². The van der Waals surface area contributed by atoms with E-state index in [4.69, 9.17) is 5.11 Å². The van der Waals surface area contributed by atoms with E-state index in [1.807, 2.05) is 5.92 Å². The Hall–Kier alpha value is -1.34. The maximum atomic E-state index is 10.0. The molecule has 1 N–H and O–H groups in total. The molecule has 0 spiro atoms. The van der Waals surface area contributed by atoms with Gasteiger partial charge in [-0.15, -0.1) is 0 Å². The van der Waals surface area contributed by atoms with Crippen LogP contribution in [-0.4, -0.2) is 16.1 Å². The number of nitrogens with zero attached hydrogens (tertiary/aromatic N) is 1. The van der Waals surface area contributed by atoms with E-state index >= 15 is 0 Å². The molecule has 60 valence electrons. The summed E-state index contributed by atoms with van der Waals surface area (Å²) in [6.45, 7) is 0. The molecule has 0 unspecified atom stereocenters. The molecule has 1 rings (SSSR count). The first kappa shape index (κ1) is 8.75. The van der Waals surface area contributed by atoms with Gasteiger partial charge in [-0.05, 0) is 34.0 Å². The molecular weight excluding hydrogens is 222 g/mol. The molecule has 0 radical (unpaired) electrons. The van der Waals surface area contributed by atoms with Gasteiger partial charge >= 0.3 is 5.97 Å². The summed E-state index contributed by atoms with van der Waals surface area (Å²) in [7, 11) is 0. The van der Waals surface area contributed by atoms with E-state index in [0.29, 0.717) is 5.69 Å². The predicted molar refractivity (Wildman–Crippen MR) is 46.5 cm³/mol. The van der Waals surface area contributed by atoms with Crippen LogP contribution in [0.15, 0.2) is 22.8 Å². The van der Waals surface area contributed by atoms with Crippen molar-refractivity contribution in [3.05, 3.63) is 28.5 Å². The monoisotopic (exact) mass is 225 g/mol. The smallest absolute Gasteiger partial charge is 0.382 e. The molecule has 0 saturated heterocycles. The van der Waals surface area contributed by atoms with Gasteiger partial charge < -0.3 is 5.11 Å². The number of halogens is 1. The minimum atomic E-state index is -1.15. The molecule has 0 aromatic carbocycles. The van der Waals surface area contributed by atoms with E-state index in [1.54, 1.807) is 18.3 Å². The van der Waals surface area contributed by atoms with E-state index in [2.05, 4.69) is 26.8 Å². The average molecular weight is 226 g/mol. The molecule has 1 aromatic rings. The number of pyridine rings is 1. The Labute approximate surface area is 77.6 Å². The Morgan fingerprint density at radius 2 is 2.33 bits per heavy atom. The molecule has 1 heterocycles. The summed E-state index contributed by atoms with van der Waals surface area (Å²) < 4.78 is 0.836. The van der Waals surface area contributed by atoms with E-state index in [0.717, 1.165) is 4.47 Å². The van der Waals surface area contributed by atoms with Crippen LogP contribution in [-0.2, 0) is 4.79 Å². The fourth-order valence-corrected chi connectivity index (χ4v) is 0.802. The lowest BCUT2D eigenvalue weighted by Crippen LogP contribution is -1.88. The molecule has 0 fully saturated rings. The zero-order valence-electron chi connectivity index (χ0n) is 5.91. The number of aliphatic carboxylic acids is 1. The van der Waals surface area contributed by atoms with Gasteiger partial charge in [-0.3, -0.25) is 0 Å². The zero-order valence-corrected chi connectivity index (χ0v) is 7.50. The maximum absolute atomic E-state index is 10.0. The number of rotatable bonds is 0. The van der Waals surface area contributed by atoms with E-state index < -0.39 is 5.97 Å². The first-order chi connectivity index (χ1) is 5.68. The fourth-order valence-electron chi connectivity index (χ4n) is 0.567. The van der Waals surface area contributed by atoms with Crippen molar-refractivity contribution in [2.45, 2.75) is 0 Å². The van der Waals surface area contributed by atoms with Crippen LogP contribution in [0.2, 0.25) is 0 Å². The summed E-state index contributed by atoms with van der Waals surface area (Å²) in [6.07, 6.45) is 1.56. The average Bonchev–Trinajstić information content (AvgIpc) is 2.03. The van der Waals surface area contributed by atoms with Crippen molar-refractivity contribution in [2.75, 3.05) is 0 Å². The normalized spacial score (nSPS) is 8.42. The first-order valence-electron chi connectivity index (χ1n) is 3.05. The lowest BCUT2D eigenvalue weighted by atomic mass is 10.3. The number of aromatic nitrogens is 1. The van der Waals surface area contributed by atoms with Crippen LogP contribution < -0.4 is 0 Å². The van der Waals surface area contributed by atoms with Gasteiger partial charge in [0.05, 0.1) is 0 Å². The molecule has 0 amide bonds. The maximum Gasteiger partial charge on any atom is 0.382 e. The summed E-state index contributed by atoms with van der Waals surface area (Å²) in [5.74, 6) is 3.21. The summed E-state index contributed by atoms with van der Waals surface area (Å²) >= 11 is 3.20. The number of carbonyl (C=O) groups is 1. The third kappa shape index (κ3) is 2.72. The minimum absolute atomic E-state index is 0.445. The van der Waals surface area contributed by atoms with Crippen LogP contribution in [0.5, 0.6) is 0 Å². The highest BCUT2D eigenvalue weighted by molar-refractivity contribution is 9.10. The number of hydrogen-bond donors (Lipinski definition) is 1. The van der Waals surface area contributed by atoms with Crippen molar-refractivity contribution >= 4 is 21.9 Å². The standard InChI is InChI=1S/C8H4BrNO2/c9-6-1-2-7(10-5-6)3-4-8(11)12/h1-2,5H,(H,11,12). The van der Waals surface area contributed by atoms with E-state index in [-0.39, 0.29) is 0 Å². The van der Waals surface area contributed by atoms with Gasteiger partial charge in [-0.1, -0.05) is 0 Å². The second-order valence-electron chi connectivity index (χ2n) is 1.92. The topological polar surface area (TPSA) is 50.2 Å². The summed E-state index contributed by atoms with van der Waals surface area (Å²) in [5.41, 5.74) is 0.445. The van der Waals surface area contributed by atoms with Crippen molar-refractivity contribution in [1.82, 2.24) is 4.98 Å². The highest BCUT2D eigenvalue weighted by Crippen LogP contribution is 2.06. The molecule has 0 aliphatic heterocycles. The molecule has 12 heavy (non-hydrogen) atoms. The first-order valence-corrected chi connectivity index (χ1v) is 3.84. The SMILES string of the molecule is O=C(O)C#Cc1ccc(Br)cn1. The van der Waals surface area contributed by atoms with Gasteiger partial charge in [0.2, 0.25) is 0 Å². The third-order valence-electron chi connectivity index (χ3n) is 1.02. The minimum Gasteiger partial charge on any atom is -0.472 e. The summed E-state index contributed by atoms with van der Waals surface area (Å²) in [5, 5.41) is 8.22. The molecule has 0 saturated carbocycles. The molecule has 0 bridgehead atoms. The van der Waals surface area contributed by atoms with Crippen molar-refractivity contribution in [1.29, 1.82) is 0 Å². The van der Waals surface area contributed by atoms with Crippen molar-refractivity contribution in [2.24, 2.45) is 0 Å². The Balaban J connectivity index is 2.86. The van der Waals surface area contributed by atoms with Crippen molar-refractivity contribution in [3.8, 4) is 11.8 Å². The predicted octanol–water partition coefficient (Wildman–Crippen LogP) is 1.28.